The molecule has 20 heavy (non-hydrogen) atoms. The molecule has 1 aliphatic heterocycles. The van der Waals surface area contributed by atoms with Crippen molar-refractivity contribution in [1.29, 1.82) is 0 Å². The zero-order valence-electron chi connectivity index (χ0n) is 11.9. The van der Waals surface area contributed by atoms with Crippen LogP contribution in [0.1, 0.15) is 24.8 Å². The van der Waals surface area contributed by atoms with Crippen molar-refractivity contribution in [2.75, 3.05) is 26.7 Å². The van der Waals surface area contributed by atoms with Gasteiger partial charge in [-0.05, 0) is 31.4 Å². The molecule has 0 aromatic heterocycles. The molecule has 108 valence electrons. The largest absolute Gasteiger partial charge is 0.507 e. The van der Waals surface area contributed by atoms with E-state index in [4.69, 9.17) is 0 Å². The summed E-state index contributed by atoms with van der Waals surface area (Å²) in [5.41, 5.74) is 3.12. The van der Waals surface area contributed by atoms with Crippen LogP contribution in [0.2, 0.25) is 0 Å². The fourth-order valence-corrected chi connectivity index (χ4v) is 2.59. The minimum atomic E-state index is -0.0823. The maximum atomic E-state index is 11.9. The summed E-state index contributed by atoms with van der Waals surface area (Å²) in [4.78, 5) is 11.9. The first-order chi connectivity index (χ1) is 9.59. The number of amides is 1. The molecule has 1 fully saturated rings. The van der Waals surface area contributed by atoms with E-state index < -0.39 is 0 Å². The predicted octanol–water partition coefficient (Wildman–Crippen LogP) is 1.47. The summed E-state index contributed by atoms with van der Waals surface area (Å²) in [5.74, 6) is 0.0709. The number of likely N-dealkylation sites (tertiary alicyclic amines) is 1. The third-order valence-electron chi connectivity index (χ3n) is 3.75. The number of quaternary nitrogens is 1. The molecule has 2 N–H and O–H groups in total. The molecule has 0 aliphatic carbocycles. The summed E-state index contributed by atoms with van der Waals surface area (Å²) in [6, 6.07) is 6.88. The lowest BCUT2D eigenvalue weighted by Crippen LogP contribution is -2.52. The number of hydrazone groups is 1. The van der Waals surface area contributed by atoms with Crippen molar-refractivity contribution < 1.29 is 14.4 Å². The van der Waals surface area contributed by atoms with Crippen molar-refractivity contribution >= 4 is 12.1 Å². The van der Waals surface area contributed by atoms with Gasteiger partial charge in [0.25, 0.3) is 5.91 Å². The van der Waals surface area contributed by atoms with Crippen molar-refractivity contribution in [3.05, 3.63) is 29.8 Å². The van der Waals surface area contributed by atoms with Gasteiger partial charge in [0.15, 0.2) is 6.54 Å². The van der Waals surface area contributed by atoms with E-state index in [0.29, 0.717) is 12.1 Å². The predicted molar refractivity (Wildman–Crippen MR) is 78.5 cm³/mol. The molecule has 1 aliphatic rings. The summed E-state index contributed by atoms with van der Waals surface area (Å²) in [6.07, 6.45) is 5.10. The van der Waals surface area contributed by atoms with Crippen LogP contribution in [0.5, 0.6) is 5.75 Å². The summed E-state index contributed by atoms with van der Waals surface area (Å²) < 4.78 is 0.790. The van der Waals surface area contributed by atoms with Crippen LogP contribution in [0.25, 0.3) is 0 Å². The highest BCUT2D eigenvalue weighted by Gasteiger charge is 2.27. The van der Waals surface area contributed by atoms with Gasteiger partial charge in [0.05, 0.1) is 26.4 Å². The molecule has 5 heteroatoms. The highest BCUT2D eigenvalue weighted by molar-refractivity contribution is 5.85. The molecule has 1 amide bonds. The quantitative estimate of drug-likeness (QED) is 0.497. The van der Waals surface area contributed by atoms with E-state index in [2.05, 4.69) is 17.6 Å². The van der Waals surface area contributed by atoms with E-state index in [1.54, 1.807) is 18.2 Å². The molecule has 1 aromatic carbocycles. The van der Waals surface area contributed by atoms with Gasteiger partial charge in [-0.2, -0.15) is 5.10 Å². The smallest absolute Gasteiger partial charge is 0.295 e. The van der Waals surface area contributed by atoms with Gasteiger partial charge >= 0.3 is 0 Å². The van der Waals surface area contributed by atoms with E-state index >= 15 is 0 Å². The van der Waals surface area contributed by atoms with Gasteiger partial charge < -0.3 is 9.59 Å². The third-order valence-corrected chi connectivity index (χ3v) is 3.75. The number of carbonyl (C=O) groups is 1. The Labute approximate surface area is 119 Å². The minimum Gasteiger partial charge on any atom is -0.507 e. The molecule has 0 atom stereocenters. The molecule has 5 nitrogen and oxygen atoms in total. The number of likely N-dealkylation sites (N-methyl/N-ethyl adjacent to an activating group) is 1. The number of benzene rings is 1. The van der Waals surface area contributed by atoms with Crippen LogP contribution in [-0.2, 0) is 4.79 Å². The second-order valence-corrected chi connectivity index (χ2v) is 5.64. The summed E-state index contributed by atoms with van der Waals surface area (Å²) in [5, 5.41) is 13.5. The van der Waals surface area contributed by atoms with Gasteiger partial charge in [-0.15, -0.1) is 0 Å². The SMILES string of the molecule is C[N+]1(CC(=O)NN=Cc2ccccc2O)CCCCC1. The highest BCUT2D eigenvalue weighted by Crippen LogP contribution is 2.15. The molecule has 0 spiro atoms. The average Bonchev–Trinajstić information content (AvgIpc) is 2.41. The highest BCUT2D eigenvalue weighted by atomic mass is 16.3. The number of piperidine rings is 1. The van der Waals surface area contributed by atoms with E-state index in [1.165, 1.54) is 25.5 Å². The van der Waals surface area contributed by atoms with Crippen LogP contribution in [0.4, 0.5) is 0 Å². The zero-order valence-corrected chi connectivity index (χ0v) is 11.9. The Morgan fingerprint density at radius 3 is 2.75 bits per heavy atom. The summed E-state index contributed by atoms with van der Waals surface area (Å²) >= 11 is 0. The first-order valence-electron chi connectivity index (χ1n) is 7.03. The molecule has 1 saturated heterocycles. The monoisotopic (exact) mass is 276 g/mol. The molecular weight excluding hydrogens is 254 g/mol. The third kappa shape index (κ3) is 4.06. The van der Waals surface area contributed by atoms with E-state index in [9.17, 15) is 9.90 Å². The Balaban J connectivity index is 1.84. The number of phenolic OH excluding ortho intramolecular Hbond substituents is 1. The van der Waals surface area contributed by atoms with Crippen molar-refractivity contribution in [3.8, 4) is 5.75 Å². The van der Waals surface area contributed by atoms with Crippen LogP contribution < -0.4 is 5.43 Å². The number of para-hydroxylation sites is 1. The van der Waals surface area contributed by atoms with E-state index in [-0.39, 0.29) is 11.7 Å². The number of nitrogens with one attached hydrogen (secondary N) is 1. The van der Waals surface area contributed by atoms with Gasteiger partial charge in [-0.25, -0.2) is 5.43 Å². The second-order valence-electron chi connectivity index (χ2n) is 5.64. The van der Waals surface area contributed by atoms with Crippen LogP contribution in [0.3, 0.4) is 0 Å². The first kappa shape index (κ1) is 14.5. The van der Waals surface area contributed by atoms with E-state index in [1.807, 2.05) is 6.07 Å². The molecule has 0 saturated carbocycles. The maximum absolute atomic E-state index is 11.9. The van der Waals surface area contributed by atoms with Gasteiger partial charge in [0.1, 0.15) is 5.75 Å². The molecule has 0 unspecified atom stereocenters. The van der Waals surface area contributed by atoms with Crippen molar-refractivity contribution in [2.45, 2.75) is 19.3 Å². The Hall–Kier alpha value is -1.88. The minimum absolute atomic E-state index is 0.0823. The second kappa shape index (κ2) is 6.52. The van der Waals surface area contributed by atoms with Crippen LogP contribution >= 0.6 is 0 Å². The molecule has 2 rings (SSSR count). The molecule has 0 radical (unpaired) electrons. The Morgan fingerprint density at radius 2 is 2.05 bits per heavy atom. The Bertz CT molecular complexity index is 494. The fraction of sp³-hybridized carbons (Fsp3) is 0.467. The lowest BCUT2D eigenvalue weighted by molar-refractivity contribution is -0.906. The first-order valence-corrected chi connectivity index (χ1v) is 7.03. The van der Waals surface area contributed by atoms with Gasteiger partial charge in [0.2, 0.25) is 0 Å². The molecule has 1 aromatic rings. The van der Waals surface area contributed by atoms with Gasteiger partial charge in [0, 0.05) is 5.56 Å². The summed E-state index contributed by atoms with van der Waals surface area (Å²) in [7, 11) is 2.12. The normalized spacial score (nSPS) is 18.1. The number of carbonyl (C=O) groups excluding carboxylic acids is 1. The van der Waals surface area contributed by atoms with E-state index in [0.717, 1.165) is 17.6 Å². The molecule has 1 heterocycles. The standard InChI is InChI=1S/C15H21N3O2/c1-18(9-5-2-6-10-18)12-15(20)17-16-11-13-7-3-4-8-14(13)19/h3-4,7-8,11H,2,5-6,9-10,12H2,1H3,(H-,16,17,19,20)/p+1. The van der Waals surface area contributed by atoms with Crippen molar-refractivity contribution in [1.82, 2.24) is 5.43 Å². The zero-order chi connectivity index (χ0) is 14.4. The average molecular weight is 276 g/mol. The molecule has 0 bridgehead atoms. The van der Waals surface area contributed by atoms with Crippen molar-refractivity contribution in [3.63, 3.8) is 0 Å². The van der Waals surface area contributed by atoms with Crippen LogP contribution in [0.15, 0.2) is 29.4 Å². The Morgan fingerprint density at radius 1 is 1.35 bits per heavy atom. The topological polar surface area (TPSA) is 61.7 Å². The van der Waals surface area contributed by atoms with Crippen LogP contribution in [-0.4, -0.2) is 48.4 Å². The van der Waals surface area contributed by atoms with Crippen LogP contribution in [0, 0.1) is 0 Å². The number of rotatable bonds is 4. The lowest BCUT2D eigenvalue weighted by Gasteiger charge is -2.36. The number of aromatic hydroxyl groups is 1. The van der Waals surface area contributed by atoms with Gasteiger partial charge in [-0.3, -0.25) is 4.79 Å². The number of hydrogen-bond donors (Lipinski definition) is 2. The van der Waals surface area contributed by atoms with Crippen molar-refractivity contribution in [2.24, 2.45) is 5.10 Å². The Kier molecular flexibility index (Phi) is 4.74. The number of hydrogen-bond acceptors (Lipinski definition) is 3. The maximum Gasteiger partial charge on any atom is 0.295 e. The van der Waals surface area contributed by atoms with Gasteiger partial charge in [-0.1, -0.05) is 12.1 Å². The molecular formula is C15H22N3O2+. The number of nitrogens with zero attached hydrogens (tertiary/aromatic N) is 2. The lowest BCUT2D eigenvalue weighted by atomic mass is 10.1. The summed E-state index contributed by atoms with van der Waals surface area (Å²) in [6.45, 7) is 2.56. The fourth-order valence-electron chi connectivity index (χ4n) is 2.59. The number of phenols is 1.